The van der Waals surface area contributed by atoms with Crippen LogP contribution in [-0.4, -0.2) is 39.5 Å². The molecule has 2 aromatic rings. The second kappa shape index (κ2) is 5.65. The molecule has 8 heteroatoms. The summed E-state index contributed by atoms with van der Waals surface area (Å²) in [6.07, 6.45) is 1.45. The molecule has 0 bridgehead atoms. The summed E-state index contributed by atoms with van der Waals surface area (Å²) < 4.78 is 10.5. The highest BCUT2D eigenvalue weighted by Gasteiger charge is 2.30. The van der Waals surface area contributed by atoms with E-state index in [0.717, 1.165) is 0 Å². The molecule has 20 heavy (non-hydrogen) atoms. The van der Waals surface area contributed by atoms with Crippen LogP contribution in [0.1, 0.15) is 18.2 Å². The Hall–Kier alpha value is -1.21. The molecule has 1 saturated heterocycles. The maximum atomic E-state index is 9.93. The van der Waals surface area contributed by atoms with Gasteiger partial charge in [0.25, 0.3) is 0 Å². The van der Waals surface area contributed by atoms with Gasteiger partial charge in [-0.3, -0.25) is 0 Å². The molecular formula is C12H11Cl2N3O3. The number of aliphatic hydroxyl groups excluding tert-OH is 1. The quantitative estimate of drug-likeness (QED) is 0.915. The molecule has 3 heterocycles. The minimum absolute atomic E-state index is 0.263. The summed E-state index contributed by atoms with van der Waals surface area (Å²) in [4.78, 5) is 8.32. The standard InChI is InChI=1S/C12H11Cl2N3O3/c13-6-3-8(14)10(15-4-6)11-16-12(20-17-11)7-5-19-2-1-9(7)18/h3-4,7,9,18H,1-2,5H2. The highest BCUT2D eigenvalue weighted by Crippen LogP contribution is 2.29. The Labute approximate surface area is 124 Å². The van der Waals surface area contributed by atoms with E-state index < -0.39 is 6.10 Å². The Kier molecular flexibility index (Phi) is 3.89. The highest BCUT2D eigenvalue weighted by atomic mass is 35.5. The summed E-state index contributed by atoms with van der Waals surface area (Å²) in [6, 6.07) is 1.56. The Bertz CT molecular complexity index is 620. The van der Waals surface area contributed by atoms with Crippen molar-refractivity contribution in [2.24, 2.45) is 0 Å². The Morgan fingerprint density at radius 3 is 2.95 bits per heavy atom. The number of aromatic nitrogens is 3. The third-order valence-electron chi connectivity index (χ3n) is 3.10. The second-order valence-corrected chi connectivity index (χ2v) is 5.32. The smallest absolute Gasteiger partial charge is 0.235 e. The van der Waals surface area contributed by atoms with Crippen molar-refractivity contribution in [1.82, 2.24) is 15.1 Å². The number of halogens is 2. The van der Waals surface area contributed by atoms with Gasteiger partial charge in [-0.15, -0.1) is 0 Å². The number of aliphatic hydroxyl groups is 1. The first-order chi connectivity index (χ1) is 9.65. The molecule has 1 aliphatic heterocycles. The van der Waals surface area contributed by atoms with Crippen molar-refractivity contribution in [2.45, 2.75) is 18.4 Å². The molecule has 0 amide bonds. The summed E-state index contributed by atoms with van der Waals surface area (Å²) in [5.74, 6) is 0.260. The van der Waals surface area contributed by atoms with Gasteiger partial charge in [0.1, 0.15) is 5.69 Å². The van der Waals surface area contributed by atoms with Crippen LogP contribution in [0, 0.1) is 0 Å². The second-order valence-electron chi connectivity index (χ2n) is 4.48. The van der Waals surface area contributed by atoms with Crippen molar-refractivity contribution >= 4 is 23.2 Å². The SMILES string of the molecule is OC1CCOCC1c1nc(-c2ncc(Cl)cc2Cl)no1. The first-order valence-corrected chi connectivity index (χ1v) is 6.81. The Balaban J connectivity index is 1.89. The third-order valence-corrected chi connectivity index (χ3v) is 3.59. The van der Waals surface area contributed by atoms with Gasteiger partial charge < -0.3 is 14.4 Å². The van der Waals surface area contributed by atoms with E-state index in [1.807, 2.05) is 0 Å². The number of ether oxygens (including phenoxy) is 1. The lowest BCUT2D eigenvalue weighted by molar-refractivity contribution is -0.0149. The fraction of sp³-hybridized carbons (Fsp3) is 0.417. The lowest BCUT2D eigenvalue weighted by atomic mass is 9.99. The number of nitrogens with zero attached hydrogens (tertiary/aromatic N) is 3. The van der Waals surface area contributed by atoms with Crippen LogP contribution < -0.4 is 0 Å². The molecule has 6 nitrogen and oxygen atoms in total. The van der Waals surface area contributed by atoms with Gasteiger partial charge in [-0.1, -0.05) is 28.4 Å². The molecule has 0 saturated carbocycles. The summed E-state index contributed by atoms with van der Waals surface area (Å²) in [6.45, 7) is 0.883. The fourth-order valence-corrected chi connectivity index (χ4v) is 2.49. The zero-order valence-corrected chi connectivity index (χ0v) is 11.8. The van der Waals surface area contributed by atoms with Crippen LogP contribution in [-0.2, 0) is 4.74 Å². The van der Waals surface area contributed by atoms with Crippen LogP contribution in [0.5, 0.6) is 0 Å². The summed E-state index contributed by atoms with van der Waals surface area (Å²) >= 11 is 11.8. The van der Waals surface area contributed by atoms with Gasteiger partial charge in [0.15, 0.2) is 0 Å². The number of hydrogen-bond acceptors (Lipinski definition) is 6. The van der Waals surface area contributed by atoms with Gasteiger partial charge in [0, 0.05) is 12.8 Å². The average Bonchev–Trinajstić information content (AvgIpc) is 2.88. The van der Waals surface area contributed by atoms with Gasteiger partial charge in [0.05, 0.1) is 28.7 Å². The van der Waals surface area contributed by atoms with Crippen molar-refractivity contribution in [1.29, 1.82) is 0 Å². The zero-order valence-electron chi connectivity index (χ0n) is 10.3. The number of hydrogen-bond donors (Lipinski definition) is 1. The molecule has 0 radical (unpaired) electrons. The first kappa shape index (κ1) is 13.8. The molecular weight excluding hydrogens is 305 g/mol. The fourth-order valence-electron chi connectivity index (χ4n) is 2.02. The van der Waals surface area contributed by atoms with Crippen LogP contribution in [0.15, 0.2) is 16.8 Å². The molecule has 0 spiro atoms. The first-order valence-electron chi connectivity index (χ1n) is 6.06. The van der Waals surface area contributed by atoms with Crippen LogP contribution in [0.4, 0.5) is 0 Å². The van der Waals surface area contributed by atoms with E-state index in [0.29, 0.717) is 41.3 Å². The molecule has 106 valence electrons. The van der Waals surface area contributed by atoms with Crippen molar-refractivity contribution in [3.8, 4) is 11.5 Å². The van der Waals surface area contributed by atoms with Gasteiger partial charge in [-0.05, 0) is 12.5 Å². The van der Waals surface area contributed by atoms with Crippen LogP contribution in [0.25, 0.3) is 11.5 Å². The zero-order chi connectivity index (χ0) is 14.1. The van der Waals surface area contributed by atoms with Crippen molar-refractivity contribution in [3.05, 3.63) is 28.2 Å². The molecule has 2 aromatic heterocycles. The molecule has 2 unspecified atom stereocenters. The lowest BCUT2D eigenvalue weighted by Gasteiger charge is -2.24. The third kappa shape index (κ3) is 2.64. The van der Waals surface area contributed by atoms with E-state index in [9.17, 15) is 5.11 Å². The predicted octanol–water partition coefficient (Wildman–Crippen LogP) is 2.30. The summed E-state index contributed by atoms with van der Waals surface area (Å²) in [5, 5.41) is 14.5. The van der Waals surface area contributed by atoms with E-state index >= 15 is 0 Å². The number of rotatable bonds is 2. The largest absolute Gasteiger partial charge is 0.392 e. The van der Waals surface area contributed by atoms with Crippen molar-refractivity contribution in [3.63, 3.8) is 0 Å². The van der Waals surface area contributed by atoms with E-state index in [2.05, 4.69) is 15.1 Å². The van der Waals surface area contributed by atoms with Crippen LogP contribution in [0.3, 0.4) is 0 Å². The molecule has 3 rings (SSSR count). The van der Waals surface area contributed by atoms with Crippen molar-refractivity contribution < 1.29 is 14.4 Å². The monoisotopic (exact) mass is 315 g/mol. The molecule has 0 aliphatic carbocycles. The molecule has 2 atom stereocenters. The summed E-state index contributed by atoms with van der Waals surface area (Å²) in [5.41, 5.74) is 0.386. The molecule has 0 aromatic carbocycles. The summed E-state index contributed by atoms with van der Waals surface area (Å²) in [7, 11) is 0. The topological polar surface area (TPSA) is 81.3 Å². The van der Waals surface area contributed by atoms with Crippen LogP contribution in [0.2, 0.25) is 10.0 Å². The highest BCUT2D eigenvalue weighted by molar-refractivity contribution is 6.35. The van der Waals surface area contributed by atoms with Gasteiger partial charge >= 0.3 is 0 Å². The average molecular weight is 316 g/mol. The Morgan fingerprint density at radius 2 is 2.20 bits per heavy atom. The lowest BCUT2D eigenvalue weighted by Crippen LogP contribution is -2.30. The van der Waals surface area contributed by atoms with Crippen molar-refractivity contribution in [2.75, 3.05) is 13.2 Å². The van der Waals surface area contributed by atoms with E-state index in [1.165, 1.54) is 6.20 Å². The Morgan fingerprint density at radius 1 is 1.35 bits per heavy atom. The maximum absolute atomic E-state index is 9.93. The molecule has 1 fully saturated rings. The molecule has 1 aliphatic rings. The predicted molar refractivity (Wildman–Crippen MR) is 71.7 cm³/mol. The number of pyridine rings is 1. The van der Waals surface area contributed by atoms with E-state index in [4.69, 9.17) is 32.5 Å². The van der Waals surface area contributed by atoms with E-state index in [1.54, 1.807) is 6.07 Å². The van der Waals surface area contributed by atoms with E-state index in [-0.39, 0.29) is 11.7 Å². The maximum Gasteiger partial charge on any atom is 0.235 e. The van der Waals surface area contributed by atoms with Gasteiger partial charge in [-0.2, -0.15) is 4.98 Å². The minimum Gasteiger partial charge on any atom is -0.392 e. The minimum atomic E-state index is -0.550. The van der Waals surface area contributed by atoms with Gasteiger partial charge in [-0.25, -0.2) is 4.98 Å². The molecule has 1 N–H and O–H groups in total. The van der Waals surface area contributed by atoms with Crippen LogP contribution >= 0.6 is 23.2 Å². The normalized spacial score (nSPS) is 22.9. The van der Waals surface area contributed by atoms with Gasteiger partial charge in [0.2, 0.25) is 11.7 Å².